The summed E-state index contributed by atoms with van der Waals surface area (Å²) in [5.74, 6) is -1.64. The van der Waals surface area contributed by atoms with Crippen LogP contribution in [0.3, 0.4) is 0 Å². The van der Waals surface area contributed by atoms with E-state index in [1.807, 2.05) is 25.1 Å². The third-order valence-electron chi connectivity index (χ3n) is 9.74. The van der Waals surface area contributed by atoms with Crippen LogP contribution in [0.1, 0.15) is 77.6 Å². The average molecular weight is 633 g/mol. The molecule has 3 aliphatic rings. The Morgan fingerprint density at radius 3 is 2.36 bits per heavy atom. The Morgan fingerprint density at radius 2 is 1.71 bits per heavy atom. The Labute approximate surface area is 261 Å². The average Bonchev–Trinajstić information content (AvgIpc) is 3.44. The molecule has 1 atom stereocenters. The van der Waals surface area contributed by atoms with Gasteiger partial charge in [0.05, 0.1) is 5.41 Å². The maximum absolute atomic E-state index is 13.4. The number of carboxylic acid groups (broad SMARTS) is 1. The van der Waals surface area contributed by atoms with Gasteiger partial charge in [0.25, 0.3) is 28.4 Å². The van der Waals surface area contributed by atoms with Crippen LogP contribution in [0.2, 0.25) is 0 Å². The topological polar surface area (TPSA) is 214 Å². The fourth-order valence-electron chi connectivity index (χ4n) is 6.70. The van der Waals surface area contributed by atoms with E-state index in [0.717, 1.165) is 30.4 Å². The molecule has 234 valence electrons. The second-order valence-electron chi connectivity index (χ2n) is 12.1. The van der Waals surface area contributed by atoms with Crippen molar-refractivity contribution < 1.29 is 19.5 Å². The van der Waals surface area contributed by atoms with E-state index in [2.05, 4.69) is 31.1 Å². The lowest BCUT2D eigenvalue weighted by molar-refractivity contribution is -0.159. The predicted molar refractivity (Wildman–Crippen MR) is 166 cm³/mol. The Morgan fingerprint density at radius 1 is 1.04 bits per heavy atom. The smallest absolute Gasteiger partial charge is 0.309 e. The number of carbonyl (C=O) groups excluding carboxylic acids is 2. The molecule has 3 fully saturated rings. The van der Waals surface area contributed by atoms with Crippen molar-refractivity contribution in [3.05, 3.63) is 78.1 Å². The molecule has 3 saturated carbocycles. The van der Waals surface area contributed by atoms with Gasteiger partial charge in [-0.05, 0) is 80.3 Å². The highest BCUT2D eigenvalue weighted by atomic mass is 32.1. The van der Waals surface area contributed by atoms with E-state index in [1.54, 1.807) is 6.07 Å². The van der Waals surface area contributed by atoms with E-state index in [0.29, 0.717) is 19.3 Å². The molecule has 2 bridgehead atoms. The van der Waals surface area contributed by atoms with Crippen molar-refractivity contribution >= 4 is 47.2 Å². The molecule has 0 radical (unpaired) electrons. The number of aromatic amines is 1. The van der Waals surface area contributed by atoms with Gasteiger partial charge in [-0.25, -0.2) is 14.5 Å². The summed E-state index contributed by atoms with van der Waals surface area (Å²) < 4.78 is 1.49. The van der Waals surface area contributed by atoms with Crippen LogP contribution in [0.5, 0.6) is 0 Å². The molecule has 2 aromatic carbocycles. The molecular formula is C30H32N8O6S. The molecule has 7 N–H and O–H groups in total. The summed E-state index contributed by atoms with van der Waals surface area (Å²) in [5.41, 5.74) is 5.06. The van der Waals surface area contributed by atoms with Crippen LogP contribution in [0.15, 0.2) is 39.9 Å². The van der Waals surface area contributed by atoms with Gasteiger partial charge in [-0.15, -0.1) is 5.10 Å². The molecular weight excluding hydrogens is 600 g/mol. The molecule has 2 amide bonds. The molecule has 15 heteroatoms. The number of benzene rings is 1. The molecule has 45 heavy (non-hydrogen) atoms. The number of aromatic nitrogens is 4. The minimum Gasteiger partial charge on any atom is -0.481 e. The summed E-state index contributed by atoms with van der Waals surface area (Å²) in [6, 6.07) is 8.41. The first kappa shape index (κ1) is 30.1. The fourth-order valence-corrected chi connectivity index (χ4v) is 6.93. The normalized spacial score (nSPS) is 21.4. The van der Waals surface area contributed by atoms with Crippen molar-refractivity contribution in [3.8, 4) is 0 Å². The number of nitrogens with two attached hydrogens (primary N) is 1. The van der Waals surface area contributed by atoms with Gasteiger partial charge >= 0.3 is 5.97 Å². The highest BCUT2D eigenvalue weighted by Crippen LogP contribution is 2.58. The van der Waals surface area contributed by atoms with Crippen molar-refractivity contribution in [3.63, 3.8) is 0 Å². The van der Waals surface area contributed by atoms with Crippen LogP contribution in [-0.4, -0.2) is 48.5 Å². The monoisotopic (exact) mass is 632 g/mol. The number of nitrogens with one attached hydrogen (secondary N) is 4. The minimum atomic E-state index is -0.734. The Kier molecular flexibility index (Phi) is 7.51. The van der Waals surface area contributed by atoms with Crippen LogP contribution in [0.4, 0.5) is 11.4 Å². The number of carboxylic acids is 1. The summed E-state index contributed by atoms with van der Waals surface area (Å²) in [4.78, 5) is 66.1. The first-order valence-electron chi connectivity index (χ1n) is 14.6. The first-order valence-corrected chi connectivity index (χ1v) is 15.0. The molecule has 2 heterocycles. The Bertz CT molecular complexity index is 1970. The van der Waals surface area contributed by atoms with Crippen LogP contribution >= 0.6 is 12.2 Å². The number of aliphatic carboxylic acids is 1. The van der Waals surface area contributed by atoms with Crippen LogP contribution in [0, 0.1) is 15.6 Å². The molecule has 0 saturated heterocycles. The lowest BCUT2D eigenvalue weighted by Gasteiger charge is -2.54. The van der Waals surface area contributed by atoms with Gasteiger partial charge in [0.15, 0.2) is 0 Å². The summed E-state index contributed by atoms with van der Waals surface area (Å²) in [7, 11) is 0. The third-order valence-corrected chi connectivity index (χ3v) is 10.0. The number of carbonyl (C=O) groups is 3. The van der Waals surface area contributed by atoms with Gasteiger partial charge in [0.1, 0.15) is 22.8 Å². The van der Waals surface area contributed by atoms with Crippen molar-refractivity contribution in [1.82, 2.24) is 30.2 Å². The van der Waals surface area contributed by atoms with Crippen LogP contribution in [-0.2, 0) is 17.9 Å². The zero-order chi connectivity index (χ0) is 32.1. The molecule has 1 unspecified atom stereocenters. The fraction of sp³-hybridized carbons (Fsp3) is 0.400. The molecule has 0 aliphatic heterocycles. The second kappa shape index (κ2) is 11.2. The zero-order valence-corrected chi connectivity index (χ0v) is 25.3. The zero-order valence-electron chi connectivity index (χ0n) is 24.4. The van der Waals surface area contributed by atoms with Gasteiger partial charge in [-0.3, -0.25) is 24.0 Å². The van der Waals surface area contributed by atoms with Crippen molar-refractivity contribution in [2.45, 2.75) is 64.6 Å². The quantitative estimate of drug-likeness (QED) is 0.110. The lowest BCUT2D eigenvalue weighted by atomic mass is 9.52. The number of H-pyrrole nitrogens is 1. The van der Waals surface area contributed by atoms with E-state index < -0.39 is 34.1 Å². The molecule has 7 rings (SSSR count). The molecule has 2 aromatic heterocycles. The van der Waals surface area contributed by atoms with Crippen LogP contribution < -0.4 is 32.5 Å². The number of nitrogen functional groups attached to an aromatic ring is 1. The number of fused-ring (bicyclic) bond motifs is 4. The number of nitrogens with zero attached hydrogens (tertiary/aromatic N) is 3. The molecule has 3 aliphatic carbocycles. The predicted octanol–water partition coefficient (Wildman–Crippen LogP) is 2.05. The summed E-state index contributed by atoms with van der Waals surface area (Å²) in [6.45, 7) is 2.33. The maximum Gasteiger partial charge on any atom is 0.309 e. The van der Waals surface area contributed by atoms with E-state index in [4.69, 9.17) is 18.0 Å². The maximum atomic E-state index is 13.4. The Balaban J connectivity index is 1.15. The van der Waals surface area contributed by atoms with E-state index in [1.165, 1.54) is 10.5 Å². The largest absolute Gasteiger partial charge is 0.481 e. The molecule has 4 aromatic rings. The summed E-state index contributed by atoms with van der Waals surface area (Å²) >= 11 is 5.32. The number of anilines is 2. The number of amides is 2. The third kappa shape index (κ3) is 5.26. The van der Waals surface area contributed by atoms with Gasteiger partial charge < -0.3 is 26.8 Å². The SMILES string of the molecule is CC(NC(=O)c1cc(C(=O)NCc2cccc(CNc3c(N)c(=O)c3=O)c2)n2c(=S)[nH]nc2n1)C12CCC(C(=O)O)(CC1)CC2. The van der Waals surface area contributed by atoms with Gasteiger partial charge in [0, 0.05) is 19.1 Å². The highest BCUT2D eigenvalue weighted by molar-refractivity contribution is 7.71. The van der Waals surface area contributed by atoms with E-state index >= 15 is 0 Å². The van der Waals surface area contributed by atoms with Crippen molar-refractivity contribution in [1.29, 1.82) is 0 Å². The summed E-state index contributed by atoms with van der Waals surface area (Å²) in [5, 5.41) is 25.2. The number of rotatable bonds is 10. The van der Waals surface area contributed by atoms with Gasteiger partial charge in [0.2, 0.25) is 4.77 Å². The van der Waals surface area contributed by atoms with E-state index in [-0.39, 0.29) is 57.9 Å². The standard InChI is InChI=1S/C30H32N8O6S/c1-15(29-5-8-30(9-6-29,10-7-29)26(43)44)34-24(41)18-12-19(38-27(35-18)36-37-28(38)45)25(42)33-14-17-4-2-3-16(11-17)13-32-21-20(31)22(39)23(21)40/h2-4,11-12,15,32H,5-10,13-14,31H2,1H3,(H,33,42)(H,34,41)(H,37,45)(H,43,44). The number of hydrogen-bond donors (Lipinski definition) is 6. The first-order chi connectivity index (χ1) is 21.4. The molecule has 14 nitrogen and oxygen atoms in total. The minimum absolute atomic E-state index is 0.00192. The Hall–Kier alpha value is -4.92. The second-order valence-corrected chi connectivity index (χ2v) is 12.5. The van der Waals surface area contributed by atoms with Crippen LogP contribution in [0.25, 0.3) is 5.78 Å². The van der Waals surface area contributed by atoms with Gasteiger partial charge in [-0.1, -0.05) is 24.3 Å². The highest BCUT2D eigenvalue weighted by Gasteiger charge is 2.54. The van der Waals surface area contributed by atoms with Gasteiger partial charge in [-0.2, -0.15) is 0 Å². The van der Waals surface area contributed by atoms with Crippen molar-refractivity contribution in [2.75, 3.05) is 11.1 Å². The van der Waals surface area contributed by atoms with E-state index in [9.17, 15) is 29.1 Å². The lowest BCUT2D eigenvalue weighted by Crippen LogP contribution is -2.54. The van der Waals surface area contributed by atoms with Crippen molar-refractivity contribution in [2.24, 2.45) is 10.8 Å². The summed E-state index contributed by atoms with van der Waals surface area (Å²) in [6.07, 6.45) is 3.93. The number of hydrogen-bond acceptors (Lipinski definition) is 10. The molecule has 0 spiro atoms.